The van der Waals surface area contributed by atoms with Crippen LogP contribution >= 0.6 is 0 Å². The van der Waals surface area contributed by atoms with Crippen LogP contribution in [0.4, 0.5) is 19.3 Å². The Morgan fingerprint density at radius 1 is 1.19 bits per heavy atom. The van der Waals surface area contributed by atoms with Crippen molar-refractivity contribution in [1.82, 2.24) is 4.72 Å². The molecule has 1 amide bonds. The molecule has 1 rings (SSSR count). The van der Waals surface area contributed by atoms with Gasteiger partial charge in [0.15, 0.2) is 0 Å². The first-order valence-electron chi connectivity index (χ1n) is 7.99. The zero-order valence-electron chi connectivity index (χ0n) is 15.7. The molecule has 0 saturated heterocycles. The van der Waals surface area contributed by atoms with Gasteiger partial charge >= 0.3 is 12.0 Å². The third-order valence-corrected chi connectivity index (χ3v) is 5.36. The number of carbonyl (C=O) groups is 1. The molecule has 1 aromatic carbocycles. The van der Waals surface area contributed by atoms with E-state index in [9.17, 15) is 23.2 Å². The maximum Gasteiger partial charge on any atom is 0.409 e. The van der Waals surface area contributed by atoms with Crippen LogP contribution in [0.5, 0.6) is 0 Å². The van der Waals surface area contributed by atoms with Gasteiger partial charge in [-0.05, 0) is 65.3 Å². The lowest BCUT2D eigenvalue weighted by atomic mass is 9.91. The molecule has 0 bridgehead atoms. The fraction of sp³-hybridized carbons (Fsp3) is 0.588. The van der Waals surface area contributed by atoms with Crippen LogP contribution in [0, 0.1) is 0 Å². The summed E-state index contributed by atoms with van der Waals surface area (Å²) in [5.41, 5.74) is -2.64. The summed E-state index contributed by atoms with van der Waals surface area (Å²) >= 11 is -1.45. The van der Waals surface area contributed by atoms with Crippen LogP contribution in [0.2, 0.25) is 0 Å². The van der Waals surface area contributed by atoms with E-state index in [0.717, 1.165) is 19.9 Å². The monoisotopic (exact) mass is 392 g/mol. The average molecular weight is 392 g/mol. The normalized spacial score (nSPS) is 15.5. The summed E-state index contributed by atoms with van der Waals surface area (Å²) in [5.74, 6) is -3.62. The molecule has 9 heteroatoms. The number of hydrogen-bond acceptors (Lipinski definition) is 4. The van der Waals surface area contributed by atoms with Gasteiger partial charge < -0.3 is 14.8 Å². The van der Waals surface area contributed by atoms with Crippen LogP contribution in [0.1, 0.15) is 58.7 Å². The van der Waals surface area contributed by atoms with Crippen molar-refractivity contribution in [1.29, 1.82) is 0 Å². The molecular weight excluding hydrogens is 366 g/mol. The lowest BCUT2D eigenvalue weighted by molar-refractivity contribution is -0.168. The van der Waals surface area contributed by atoms with Crippen molar-refractivity contribution in [2.75, 3.05) is 5.32 Å². The molecule has 0 aliphatic heterocycles. The Morgan fingerprint density at radius 3 is 2.15 bits per heavy atom. The fourth-order valence-corrected chi connectivity index (χ4v) is 2.85. The second-order valence-corrected chi connectivity index (χ2v) is 9.63. The number of alkyl halides is 2. The van der Waals surface area contributed by atoms with Gasteiger partial charge in [-0.25, -0.2) is 4.79 Å². The Balaban J connectivity index is 3.35. The lowest BCUT2D eigenvalue weighted by Crippen LogP contribution is -2.41. The number of rotatable bonds is 6. The Labute approximate surface area is 155 Å². The molecule has 1 aromatic rings. The number of benzene rings is 1. The first kappa shape index (κ1) is 22.6. The van der Waals surface area contributed by atoms with Crippen molar-refractivity contribution in [2.24, 2.45) is 0 Å². The number of amides is 1. The highest BCUT2D eigenvalue weighted by atomic mass is 32.2. The van der Waals surface area contributed by atoms with E-state index in [2.05, 4.69) is 4.72 Å². The standard InChI is InChI=1S/C17H26F2N2O4S/c1-10(21-26(25)15(2,3)4)11-7-12(17(18,19)16(5,6)24)9-13(8-11)20-14(22)23/h7-10,20-21,24H,1-6H3,(H,22,23)/t10-,26-/m1/s1. The third-order valence-electron chi connectivity index (χ3n) is 3.68. The molecule has 148 valence electrons. The Morgan fingerprint density at radius 2 is 1.73 bits per heavy atom. The van der Waals surface area contributed by atoms with E-state index in [4.69, 9.17) is 5.11 Å². The summed E-state index contributed by atoms with van der Waals surface area (Å²) in [7, 11) is 0. The average Bonchev–Trinajstić information content (AvgIpc) is 2.43. The maximum atomic E-state index is 14.6. The number of halogens is 2. The molecule has 0 aliphatic rings. The number of carboxylic acid groups (broad SMARTS) is 1. The van der Waals surface area contributed by atoms with E-state index in [0.29, 0.717) is 5.56 Å². The molecule has 0 radical (unpaired) electrons. The number of aliphatic hydroxyl groups is 1. The van der Waals surface area contributed by atoms with Crippen LogP contribution in [-0.2, 0) is 17.3 Å². The van der Waals surface area contributed by atoms with Crippen molar-refractivity contribution in [3.05, 3.63) is 29.3 Å². The van der Waals surface area contributed by atoms with Gasteiger partial charge in [-0.1, -0.05) is 0 Å². The number of nitrogens with one attached hydrogen (secondary N) is 2. The largest absolute Gasteiger partial charge is 0.598 e. The van der Waals surface area contributed by atoms with Gasteiger partial charge in [-0.2, -0.15) is 8.78 Å². The van der Waals surface area contributed by atoms with Gasteiger partial charge in [0.05, 0.1) is 6.04 Å². The Hall–Kier alpha value is -1.42. The Bertz CT molecular complexity index is 657. The van der Waals surface area contributed by atoms with Gasteiger partial charge in [-0.3, -0.25) is 5.32 Å². The summed E-state index contributed by atoms with van der Waals surface area (Å²) in [6.07, 6.45) is -1.40. The minimum atomic E-state index is -3.62. The quantitative estimate of drug-likeness (QED) is 0.552. The molecule has 6 nitrogen and oxygen atoms in total. The van der Waals surface area contributed by atoms with E-state index in [1.807, 2.05) is 5.32 Å². The van der Waals surface area contributed by atoms with E-state index in [1.165, 1.54) is 12.1 Å². The molecule has 0 heterocycles. The molecule has 0 spiro atoms. The van der Waals surface area contributed by atoms with Crippen molar-refractivity contribution in [3.8, 4) is 0 Å². The summed E-state index contributed by atoms with van der Waals surface area (Å²) in [5, 5.41) is 20.7. The van der Waals surface area contributed by atoms with E-state index >= 15 is 0 Å². The first-order valence-corrected chi connectivity index (χ1v) is 9.14. The van der Waals surface area contributed by atoms with Gasteiger partial charge in [0.2, 0.25) is 0 Å². The first-order chi connectivity index (χ1) is 11.6. The molecule has 0 fully saturated rings. The summed E-state index contributed by atoms with van der Waals surface area (Å²) < 4.78 is 43.7. The summed E-state index contributed by atoms with van der Waals surface area (Å²) in [4.78, 5) is 10.9. The predicted octanol–water partition coefficient (Wildman–Crippen LogP) is 3.75. The smallest absolute Gasteiger partial charge is 0.409 e. The fourth-order valence-electron chi connectivity index (χ4n) is 2.04. The zero-order chi connectivity index (χ0) is 20.5. The van der Waals surface area contributed by atoms with Gasteiger partial charge in [0, 0.05) is 22.6 Å². The van der Waals surface area contributed by atoms with Crippen LogP contribution in [0.3, 0.4) is 0 Å². The van der Waals surface area contributed by atoms with Crippen LogP contribution in [-0.4, -0.2) is 31.2 Å². The highest BCUT2D eigenvalue weighted by Crippen LogP contribution is 2.40. The highest BCUT2D eigenvalue weighted by molar-refractivity contribution is 7.90. The lowest BCUT2D eigenvalue weighted by Gasteiger charge is -2.31. The van der Waals surface area contributed by atoms with Crippen LogP contribution in [0.15, 0.2) is 18.2 Å². The van der Waals surface area contributed by atoms with E-state index in [-0.39, 0.29) is 5.69 Å². The zero-order valence-corrected chi connectivity index (χ0v) is 16.5. The molecule has 26 heavy (non-hydrogen) atoms. The van der Waals surface area contributed by atoms with E-state index in [1.54, 1.807) is 27.7 Å². The highest BCUT2D eigenvalue weighted by Gasteiger charge is 2.47. The van der Waals surface area contributed by atoms with Gasteiger partial charge in [0.25, 0.3) is 0 Å². The van der Waals surface area contributed by atoms with Crippen molar-refractivity contribution < 1.29 is 28.3 Å². The topological polar surface area (TPSA) is 105 Å². The Kier molecular flexibility index (Phi) is 6.68. The van der Waals surface area contributed by atoms with Crippen LogP contribution in [0.25, 0.3) is 0 Å². The second-order valence-electron chi connectivity index (χ2n) is 7.63. The molecule has 4 N–H and O–H groups in total. The molecule has 0 aliphatic carbocycles. The maximum absolute atomic E-state index is 14.6. The minimum absolute atomic E-state index is 0.0656. The summed E-state index contributed by atoms with van der Waals surface area (Å²) in [6.45, 7) is 8.87. The minimum Gasteiger partial charge on any atom is -0.598 e. The predicted molar refractivity (Wildman–Crippen MR) is 97.7 cm³/mol. The third kappa shape index (κ3) is 5.54. The molecule has 2 atom stereocenters. The SMILES string of the molecule is C[C@@H](N[S@+]([O-])C(C)(C)C)c1cc(NC(=O)O)cc(C(F)(F)C(C)(C)O)c1. The molecule has 0 unspecified atom stereocenters. The van der Waals surface area contributed by atoms with E-state index < -0.39 is 45.3 Å². The molecule has 0 saturated carbocycles. The summed E-state index contributed by atoms with van der Waals surface area (Å²) in [6, 6.07) is 2.93. The van der Waals surface area contributed by atoms with Gasteiger partial charge in [0.1, 0.15) is 10.3 Å². The van der Waals surface area contributed by atoms with Crippen molar-refractivity contribution in [2.45, 2.75) is 63.9 Å². The molecule has 0 aromatic heterocycles. The number of hydrogen-bond donors (Lipinski definition) is 4. The van der Waals surface area contributed by atoms with Crippen LogP contribution < -0.4 is 10.0 Å². The van der Waals surface area contributed by atoms with Crippen molar-refractivity contribution in [3.63, 3.8) is 0 Å². The van der Waals surface area contributed by atoms with Crippen molar-refractivity contribution >= 4 is 23.1 Å². The van der Waals surface area contributed by atoms with Gasteiger partial charge in [-0.15, -0.1) is 4.72 Å². The number of anilines is 1. The second kappa shape index (κ2) is 7.67. The molecular formula is C17H26F2N2O4S.